The van der Waals surface area contributed by atoms with Crippen molar-refractivity contribution in [3.63, 3.8) is 0 Å². The molecular weight excluding hydrogens is 359 g/mol. The van der Waals surface area contributed by atoms with Crippen LogP contribution >= 0.6 is 11.3 Å². The molecule has 0 radical (unpaired) electrons. The predicted octanol–water partition coefficient (Wildman–Crippen LogP) is 2.73. The summed E-state index contributed by atoms with van der Waals surface area (Å²) in [4.78, 5) is 31.3. The van der Waals surface area contributed by atoms with Gasteiger partial charge < -0.3 is 14.4 Å². The summed E-state index contributed by atoms with van der Waals surface area (Å²) in [6, 6.07) is 5.28. The van der Waals surface area contributed by atoms with Crippen LogP contribution in [0.2, 0.25) is 0 Å². The number of carbonyl (C=O) groups excluding carboxylic acids is 2. The summed E-state index contributed by atoms with van der Waals surface area (Å²) < 4.78 is 24.4. The molecule has 0 spiro atoms. The summed E-state index contributed by atoms with van der Waals surface area (Å²) in [5.74, 6) is -1.19. The largest absolute Gasteiger partial charge is 0.485 e. The zero-order chi connectivity index (χ0) is 18.8. The molecule has 6 nitrogen and oxygen atoms in total. The van der Waals surface area contributed by atoms with Gasteiger partial charge in [-0.3, -0.25) is 4.79 Å². The average molecular weight is 378 g/mol. The normalized spacial score (nSPS) is 19.5. The molecule has 1 aliphatic heterocycles. The number of carbonyl (C=O) groups is 2. The number of thiazole rings is 1. The van der Waals surface area contributed by atoms with Crippen LogP contribution in [-0.4, -0.2) is 47.6 Å². The number of hydrogen-bond acceptors (Lipinski definition) is 6. The van der Waals surface area contributed by atoms with Crippen LogP contribution in [0.1, 0.15) is 26.8 Å². The summed E-state index contributed by atoms with van der Waals surface area (Å²) in [6.07, 6.45) is -0.266. The molecule has 138 valence electrons. The molecule has 0 N–H and O–H groups in total. The van der Waals surface area contributed by atoms with E-state index in [1.165, 1.54) is 35.5 Å². The van der Waals surface area contributed by atoms with Gasteiger partial charge >= 0.3 is 5.97 Å². The van der Waals surface area contributed by atoms with Crippen molar-refractivity contribution < 1.29 is 23.5 Å². The van der Waals surface area contributed by atoms with E-state index in [0.29, 0.717) is 10.6 Å². The molecule has 1 amide bonds. The van der Waals surface area contributed by atoms with Crippen LogP contribution in [0.5, 0.6) is 5.75 Å². The number of halogens is 1. The van der Waals surface area contributed by atoms with Crippen molar-refractivity contribution in [1.29, 1.82) is 0 Å². The zero-order valence-corrected chi connectivity index (χ0v) is 15.5. The number of aromatic nitrogens is 1. The molecule has 8 heteroatoms. The average Bonchev–Trinajstić information content (AvgIpc) is 3.18. The highest BCUT2D eigenvalue weighted by Gasteiger charge is 2.42. The fourth-order valence-corrected chi connectivity index (χ4v) is 3.92. The number of benzene rings is 1. The van der Waals surface area contributed by atoms with Crippen LogP contribution in [0.25, 0.3) is 0 Å². The molecule has 1 saturated heterocycles. The molecule has 1 aromatic carbocycles. The second-order valence-electron chi connectivity index (χ2n) is 6.05. The fraction of sp³-hybridized carbons (Fsp3) is 0.389. The SMILES string of the molecule is COC(=O)[C@H]1C[C@@H](Oc2ccccc2F)CN1C(=O)c1sc(C)nc1C. The van der Waals surface area contributed by atoms with Crippen LogP contribution in [0, 0.1) is 19.7 Å². The summed E-state index contributed by atoms with van der Waals surface area (Å²) in [5, 5.41) is 0.777. The molecule has 1 aromatic heterocycles. The van der Waals surface area contributed by atoms with E-state index in [1.807, 2.05) is 6.92 Å². The van der Waals surface area contributed by atoms with E-state index < -0.39 is 23.9 Å². The van der Waals surface area contributed by atoms with Crippen molar-refractivity contribution >= 4 is 23.2 Å². The number of methoxy groups -OCH3 is 1. The minimum atomic E-state index is -0.772. The Hall–Kier alpha value is -2.48. The first kappa shape index (κ1) is 18.3. The Kier molecular flexibility index (Phi) is 5.22. The van der Waals surface area contributed by atoms with Crippen LogP contribution in [0.15, 0.2) is 24.3 Å². The highest BCUT2D eigenvalue weighted by atomic mass is 32.1. The number of esters is 1. The third-order valence-electron chi connectivity index (χ3n) is 4.22. The maximum absolute atomic E-state index is 13.8. The smallest absolute Gasteiger partial charge is 0.328 e. The van der Waals surface area contributed by atoms with Gasteiger partial charge in [-0.2, -0.15) is 0 Å². The summed E-state index contributed by atoms with van der Waals surface area (Å²) in [5.41, 5.74) is 0.625. The van der Waals surface area contributed by atoms with Gasteiger partial charge in [-0.15, -0.1) is 11.3 Å². The van der Waals surface area contributed by atoms with Gasteiger partial charge in [-0.25, -0.2) is 14.2 Å². The number of ether oxygens (including phenoxy) is 2. The third kappa shape index (κ3) is 3.55. The van der Waals surface area contributed by atoms with Crippen LogP contribution in [0.4, 0.5) is 4.39 Å². The quantitative estimate of drug-likeness (QED) is 0.765. The van der Waals surface area contributed by atoms with Crippen molar-refractivity contribution in [2.75, 3.05) is 13.7 Å². The first-order valence-corrected chi connectivity index (χ1v) is 8.96. The molecular formula is C18H19FN2O4S. The Bertz CT molecular complexity index is 838. The van der Waals surface area contributed by atoms with E-state index in [4.69, 9.17) is 9.47 Å². The number of para-hydroxylation sites is 1. The van der Waals surface area contributed by atoms with E-state index in [9.17, 15) is 14.0 Å². The third-order valence-corrected chi connectivity index (χ3v) is 5.29. The maximum Gasteiger partial charge on any atom is 0.328 e. The number of likely N-dealkylation sites (tertiary alicyclic amines) is 1. The van der Waals surface area contributed by atoms with Crippen molar-refractivity contribution in [1.82, 2.24) is 9.88 Å². The number of aryl methyl sites for hydroxylation is 2. The zero-order valence-electron chi connectivity index (χ0n) is 14.7. The van der Waals surface area contributed by atoms with E-state index in [-0.39, 0.29) is 24.6 Å². The molecule has 0 bridgehead atoms. The Morgan fingerprint density at radius 1 is 1.31 bits per heavy atom. The molecule has 3 rings (SSSR count). The van der Waals surface area contributed by atoms with Crippen LogP contribution < -0.4 is 4.74 Å². The van der Waals surface area contributed by atoms with Gasteiger partial charge in [0.15, 0.2) is 11.6 Å². The lowest BCUT2D eigenvalue weighted by molar-refractivity contribution is -0.145. The summed E-state index contributed by atoms with van der Waals surface area (Å²) in [6.45, 7) is 3.75. The molecule has 1 fully saturated rings. The van der Waals surface area contributed by atoms with Crippen molar-refractivity contribution in [2.24, 2.45) is 0 Å². The van der Waals surface area contributed by atoms with E-state index in [2.05, 4.69) is 4.98 Å². The van der Waals surface area contributed by atoms with E-state index in [0.717, 1.165) is 5.01 Å². The Labute approximate surface area is 154 Å². The van der Waals surface area contributed by atoms with Crippen LogP contribution in [-0.2, 0) is 9.53 Å². The molecule has 0 saturated carbocycles. The minimum absolute atomic E-state index is 0.0974. The molecule has 0 aliphatic carbocycles. The van der Waals surface area contributed by atoms with Gasteiger partial charge in [0.2, 0.25) is 0 Å². The highest BCUT2D eigenvalue weighted by molar-refractivity contribution is 7.13. The Balaban J connectivity index is 1.83. The lowest BCUT2D eigenvalue weighted by atomic mass is 10.2. The minimum Gasteiger partial charge on any atom is -0.485 e. The first-order valence-electron chi connectivity index (χ1n) is 8.14. The number of nitrogens with zero attached hydrogens (tertiary/aromatic N) is 2. The monoisotopic (exact) mass is 378 g/mol. The fourth-order valence-electron chi connectivity index (χ4n) is 3.05. The number of hydrogen-bond donors (Lipinski definition) is 0. The van der Waals surface area contributed by atoms with Gasteiger partial charge in [-0.1, -0.05) is 12.1 Å². The molecule has 2 heterocycles. The van der Waals surface area contributed by atoms with Gasteiger partial charge in [0.05, 0.1) is 24.4 Å². The number of amides is 1. The van der Waals surface area contributed by atoms with Crippen molar-refractivity contribution in [3.8, 4) is 5.75 Å². The van der Waals surface area contributed by atoms with Gasteiger partial charge in [0, 0.05) is 6.42 Å². The molecule has 2 atom stereocenters. The molecule has 1 aliphatic rings. The molecule has 2 aromatic rings. The lowest BCUT2D eigenvalue weighted by Crippen LogP contribution is -2.41. The van der Waals surface area contributed by atoms with E-state index in [1.54, 1.807) is 19.1 Å². The molecule has 0 unspecified atom stereocenters. The van der Waals surface area contributed by atoms with Gasteiger partial charge in [-0.05, 0) is 26.0 Å². The van der Waals surface area contributed by atoms with Gasteiger partial charge in [0.25, 0.3) is 5.91 Å². The summed E-state index contributed by atoms with van der Waals surface area (Å²) >= 11 is 1.28. The highest BCUT2D eigenvalue weighted by Crippen LogP contribution is 2.29. The lowest BCUT2D eigenvalue weighted by Gasteiger charge is -2.21. The maximum atomic E-state index is 13.8. The Morgan fingerprint density at radius 2 is 2.04 bits per heavy atom. The second-order valence-corrected chi connectivity index (χ2v) is 7.25. The van der Waals surface area contributed by atoms with E-state index >= 15 is 0 Å². The van der Waals surface area contributed by atoms with Crippen LogP contribution in [0.3, 0.4) is 0 Å². The topological polar surface area (TPSA) is 68.7 Å². The standard InChI is InChI=1S/C18H19FN2O4S/c1-10-16(26-11(2)20-10)17(22)21-9-12(8-14(21)18(23)24-3)25-15-7-5-4-6-13(15)19/h4-7,12,14H,8-9H2,1-3H3/t12-,14-/m1/s1. The number of rotatable bonds is 4. The second kappa shape index (κ2) is 7.41. The summed E-state index contributed by atoms with van der Waals surface area (Å²) in [7, 11) is 1.28. The predicted molar refractivity (Wildman–Crippen MR) is 93.9 cm³/mol. The first-order chi connectivity index (χ1) is 12.4. The van der Waals surface area contributed by atoms with Crippen molar-refractivity contribution in [3.05, 3.63) is 45.7 Å². The van der Waals surface area contributed by atoms with Gasteiger partial charge in [0.1, 0.15) is 17.0 Å². The Morgan fingerprint density at radius 3 is 2.65 bits per heavy atom. The van der Waals surface area contributed by atoms with Crippen molar-refractivity contribution in [2.45, 2.75) is 32.4 Å². The molecule has 26 heavy (non-hydrogen) atoms.